The number of nitrogens with one attached hydrogen (secondary N) is 1. The zero-order valence-corrected chi connectivity index (χ0v) is 21.1. The van der Waals surface area contributed by atoms with E-state index in [1.807, 2.05) is 26.0 Å². The molecule has 0 unspecified atom stereocenters. The molecule has 0 spiro atoms. The van der Waals surface area contributed by atoms with E-state index in [4.69, 9.17) is 4.74 Å². The van der Waals surface area contributed by atoms with Gasteiger partial charge in [0.2, 0.25) is 11.8 Å². The molecule has 0 saturated carbocycles. The Bertz CT molecular complexity index is 692. The minimum absolute atomic E-state index is 0.0925. The van der Waals surface area contributed by atoms with Gasteiger partial charge >= 0.3 is 5.97 Å². The fourth-order valence-corrected chi connectivity index (χ4v) is 5.52. The van der Waals surface area contributed by atoms with Crippen LogP contribution in [0, 0.1) is 29.6 Å². The fourth-order valence-electron chi connectivity index (χ4n) is 5.52. The molecule has 0 bridgehead atoms. The first-order chi connectivity index (χ1) is 15.8. The summed E-state index contributed by atoms with van der Waals surface area (Å²) in [6, 6.07) is -1.19. The van der Waals surface area contributed by atoms with Crippen LogP contribution in [0.5, 0.6) is 0 Å². The molecule has 0 radical (unpaired) electrons. The number of likely N-dealkylation sites (tertiary alicyclic amines) is 1. The molecule has 1 saturated heterocycles. The number of hydrogen-bond acceptors (Lipinski definition) is 5. The molecule has 7 heteroatoms. The highest BCUT2D eigenvalue weighted by molar-refractivity contribution is 5.96. The lowest BCUT2D eigenvalue weighted by Gasteiger charge is -2.34. The summed E-state index contributed by atoms with van der Waals surface area (Å²) in [5.74, 6) is -2.28. The van der Waals surface area contributed by atoms with Gasteiger partial charge in [-0.2, -0.15) is 0 Å². The van der Waals surface area contributed by atoms with Crippen molar-refractivity contribution in [2.45, 2.75) is 85.2 Å². The number of esters is 1. The molecule has 33 heavy (non-hydrogen) atoms. The van der Waals surface area contributed by atoms with Crippen LogP contribution >= 0.6 is 0 Å². The molecule has 1 aliphatic heterocycles. The zero-order chi connectivity index (χ0) is 24.5. The predicted molar refractivity (Wildman–Crippen MR) is 128 cm³/mol. The number of aliphatic hydroxyl groups is 1. The number of nitrogens with zero attached hydrogens (tertiary/aromatic N) is 1. The third-order valence-corrected chi connectivity index (χ3v) is 6.92. The van der Waals surface area contributed by atoms with Gasteiger partial charge in [0.05, 0.1) is 31.1 Å². The van der Waals surface area contributed by atoms with Crippen LogP contribution in [0.1, 0.15) is 73.1 Å². The molecular formula is C26H44N2O5. The van der Waals surface area contributed by atoms with Crippen molar-refractivity contribution in [1.29, 1.82) is 0 Å². The van der Waals surface area contributed by atoms with E-state index in [9.17, 15) is 19.5 Å². The topological polar surface area (TPSA) is 95.9 Å². The van der Waals surface area contributed by atoms with Crippen LogP contribution in [0.4, 0.5) is 0 Å². The van der Waals surface area contributed by atoms with Crippen molar-refractivity contribution >= 4 is 17.8 Å². The van der Waals surface area contributed by atoms with E-state index in [1.165, 1.54) is 0 Å². The fraction of sp³-hybridized carbons (Fsp3) is 0.808. The van der Waals surface area contributed by atoms with E-state index in [-0.39, 0.29) is 42.8 Å². The molecule has 1 heterocycles. The van der Waals surface area contributed by atoms with Crippen LogP contribution in [0.15, 0.2) is 12.2 Å². The maximum Gasteiger partial charge on any atom is 0.310 e. The number of rotatable bonds is 13. The lowest BCUT2D eigenvalue weighted by molar-refractivity contribution is -0.156. The number of ether oxygens (including phenoxy) is 1. The summed E-state index contributed by atoms with van der Waals surface area (Å²) in [6.45, 7) is 10.6. The van der Waals surface area contributed by atoms with Gasteiger partial charge in [-0.25, -0.2) is 0 Å². The van der Waals surface area contributed by atoms with Crippen LogP contribution in [0.2, 0.25) is 0 Å². The average Bonchev–Trinajstić information content (AvgIpc) is 3.07. The molecule has 6 atom stereocenters. The maximum absolute atomic E-state index is 13.9. The standard InChI is InChI=1S/C26H44N2O5/c1-6-9-10-14-27-24(30)23-20-13-12-18(11-7-2)21(26(32)33-8-3)22(20)25(31)28(23)19(16-29)15-17(4)5/h12-13,17-23,29H,6-11,14-16H2,1-5H3,(H,27,30)/t18-,19-,20+,21-,22-,23+/m1/s1. The third-order valence-electron chi connectivity index (χ3n) is 6.92. The quantitative estimate of drug-likeness (QED) is 0.248. The largest absolute Gasteiger partial charge is 0.466 e. The highest BCUT2D eigenvalue weighted by Gasteiger charge is 2.58. The van der Waals surface area contributed by atoms with Gasteiger partial charge in [0.15, 0.2) is 0 Å². The number of amides is 2. The summed E-state index contributed by atoms with van der Waals surface area (Å²) in [7, 11) is 0. The van der Waals surface area contributed by atoms with E-state index in [1.54, 1.807) is 11.8 Å². The summed E-state index contributed by atoms with van der Waals surface area (Å²) in [5.41, 5.74) is 0. The molecule has 0 aromatic carbocycles. The van der Waals surface area contributed by atoms with Gasteiger partial charge in [-0.05, 0) is 38.0 Å². The lowest BCUT2D eigenvalue weighted by atomic mass is 9.69. The van der Waals surface area contributed by atoms with Gasteiger partial charge in [-0.15, -0.1) is 0 Å². The van der Waals surface area contributed by atoms with Gasteiger partial charge in [-0.3, -0.25) is 14.4 Å². The number of allylic oxidation sites excluding steroid dienone is 1. The first kappa shape index (κ1) is 27.4. The van der Waals surface area contributed by atoms with E-state index in [0.29, 0.717) is 13.0 Å². The normalized spacial score (nSPS) is 27.5. The van der Waals surface area contributed by atoms with E-state index in [2.05, 4.69) is 19.2 Å². The molecular weight excluding hydrogens is 420 g/mol. The van der Waals surface area contributed by atoms with Crippen LogP contribution in [-0.2, 0) is 19.1 Å². The first-order valence-electron chi connectivity index (χ1n) is 12.9. The molecule has 2 rings (SSSR count). The summed E-state index contributed by atoms with van der Waals surface area (Å²) in [5, 5.41) is 13.2. The van der Waals surface area contributed by atoms with Gasteiger partial charge in [0.1, 0.15) is 6.04 Å². The first-order valence-corrected chi connectivity index (χ1v) is 12.9. The van der Waals surface area contributed by atoms with Crippen molar-refractivity contribution in [3.63, 3.8) is 0 Å². The molecule has 1 aliphatic carbocycles. The van der Waals surface area contributed by atoms with Crippen LogP contribution in [0.3, 0.4) is 0 Å². The number of hydrogen-bond donors (Lipinski definition) is 2. The monoisotopic (exact) mass is 464 g/mol. The molecule has 0 aromatic heterocycles. The molecule has 1 fully saturated rings. The Morgan fingerprint density at radius 3 is 2.45 bits per heavy atom. The highest BCUT2D eigenvalue weighted by Crippen LogP contribution is 2.46. The highest BCUT2D eigenvalue weighted by atomic mass is 16.5. The summed E-state index contributed by atoms with van der Waals surface area (Å²) in [6.07, 6.45) is 9.19. The van der Waals surface area contributed by atoms with Crippen molar-refractivity contribution in [3.8, 4) is 0 Å². The third kappa shape index (κ3) is 6.37. The van der Waals surface area contributed by atoms with E-state index in [0.717, 1.165) is 32.1 Å². The molecule has 2 N–H and O–H groups in total. The predicted octanol–water partition coefficient (Wildman–Crippen LogP) is 3.31. The average molecular weight is 465 g/mol. The van der Waals surface area contributed by atoms with Crippen LogP contribution < -0.4 is 5.32 Å². The second-order valence-corrected chi connectivity index (χ2v) is 9.87. The minimum Gasteiger partial charge on any atom is -0.466 e. The van der Waals surface area contributed by atoms with E-state index < -0.39 is 29.8 Å². The second-order valence-electron chi connectivity index (χ2n) is 9.87. The van der Waals surface area contributed by atoms with E-state index >= 15 is 0 Å². The van der Waals surface area contributed by atoms with Gasteiger partial charge < -0.3 is 20.1 Å². The Morgan fingerprint density at radius 1 is 1.15 bits per heavy atom. The SMILES string of the molecule is CCCCCNC(=O)[C@@H]1[C@H]2C=C[C@@H](CCC)[C@@H](C(=O)OCC)[C@@H]2C(=O)N1[C@@H](CO)CC(C)C. The zero-order valence-electron chi connectivity index (χ0n) is 21.1. The second kappa shape index (κ2) is 13.1. The van der Waals surface area contributed by atoms with Crippen molar-refractivity contribution in [2.24, 2.45) is 29.6 Å². The molecule has 188 valence electrons. The summed E-state index contributed by atoms with van der Waals surface area (Å²) in [4.78, 5) is 41.9. The van der Waals surface area contributed by atoms with Crippen molar-refractivity contribution in [3.05, 3.63) is 12.2 Å². The molecule has 7 nitrogen and oxygen atoms in total. The summed E-state index contributed by atoms with van der Waals surface area (Å²) >= 11 is 0. The Morgan fingerprint density at radius 2 is 1.88 bits per heavy atom. The molecule has 2 aliphatic rings. The Balaban J connectivity index is 2.45. The smallest absolute Gasteiger partial charge is 0.310 e. The minimum atomic E-state index is -0.726. The number of carbonyl (C=O) groups excluding carboxylic acids is 3. The number of aliphatic hydroxyl groups excluding tert-OH is 1. The lowest BCUT2D eigenvalue weighted by Crippen LogP contribution is -2.52. The number of carbonyl (C=O) groups is 3. The van der Waals surface area contributed by atoms with Crippen LogP contribution in [-0.4, -0.2) is 59.6 Å². The molecule has 2 amide bonds. The molecule has 0 aromatic rings. The van der Waals surface area contributed by atoms with Crippen molar-refractivity contribution in [2.75, 3.05) is 19.8 Å². The van der Waals surface area contributed by atoms with Gasteiger partial charge in [0.25, 0.3) is 0 Å². The maximum atomic E-state index is 13.9. The van der Waals surface area contributed by atoms with Crippen molar-refractivity contribution in [1.82, 2.24) is 10.2 Å². The van der Waals surface area contributed by atoms with Gasteiger partial charge in [-0.1, -0.05) is 59.1 Å². The summed E-state index contributed by atoms with van der Waals surface area (Å²) < 4.78 is 5.40. The van der Waals surface area contributed by atoms with Crippen molar-refractivity contribution < 1.29 is 24.2 Å². The Hall–Kier alpha value is -1.89. The number of fused-ring (bicyclic) bond motifs is 1. The van der Waals surface area contributed by atoms with Gasteiger partial charge in [0, 0.05) is 12.5 Å². The Labute approximate surface area is 199 Å². The Kier molecular flexibility index (Phi) is 10.9. The number of unbranched alkanes of at least 4 members (excludes halogenated alkanes) is 2. The van der Waals surface area contributed by atoms with Crippen LogP contribution in [0.25, 0.3) is 0 Å².